The summed E-state index contributed by atoms with van der Waals surface area (Å²) in [6.07, 6.45) is 3.69. The maximum Gasteiger partial charge on any atom is 0.227 e. The van der Waals surface area contributed by atoms with Gasteiger partial charge in [0.1, 0.15) is 5.58 Å². The molecule has 0 aliphatic carbocycles. The van der Waals surface area contributed by atoms with Crippen LogP contribution in [0.15, 0.2) is 199 Å². The van der Waals surface area contributed by atoms with Crippen molar-refractivity contribution in [2.24, 2.45) is 0 Å². The van der Waals surface area contributed by atoms with E-state index in [0.29, 0.717) is 5.71 Å². The second-order valence-corrected chi connectivity index (χ2v) is 14.1. The van der Waals surface area contributed by atoms with Gasteiger partial charge in [0.2, 0.25) is 5.71 Å². The van der Waals surface area contributed by atoms with Gasteiger partial charge in [0.05, 0.1) is 16.7 Å². The molecule has 0 aliphatic rings. The highest BCUT2D eigenvalue weighted by Gasteiger charge is 2.16. The first-order valence-electron chi connectivity index (χ1n) is 18.7. The molecule has 262 valence electrons. The largest absolute Gasteiger partial charge is 0.438 e. The molecule has 4 aromatic heterocycles. The molecule has 0 amide bonds. The van der Waals surface area contributed by atoms with Crippen molar-refractivity contribution in [1.82, 2.24) is 15.0 Å². The van der Waals surface area contributed by atoms with E-state index < -0.39 is 0 Å². The molecular weight excluding hydrogens is 685 g/mol. The second kappa shape index (κ2) is 13.0. The quantitative estimate of drug-likeness (QED) is 0.171. The lowest BCUT2D eigenvalue weighted by Gasteiger charge is -2.26. The molecular formula is C51H32N4O. The van der Waals surface area contributed by atoms with Gasteiger partial charge >= 0.3 is 0 Å². The fourth-order valence-electron chi connectivity index (χ4n) is 7.84. The second-order valence-electron chi connectivity index (χ2n) is 14.1. The van der Waals surface area contributed by atoms with E-state index in [4.69, 9.17) is 9.40 Å². The number of pyridine rings is 3. The number of furan rings is 1. The molecule has 0 fully saturated rings. The number of aromatic nitrogens is 3. The third kappa shape index (κ3) is 5.62. The number of benzene rings is 7. The molecule has 0 radical (unpaired) electrons. The van der Waals surface area contributed by atoms with Crippen molar-refractivity contribution in [2.75, 3.05) is 4.90 Å². The van der Waals surface area contributed by atoms with Crippen molar-refractivity contribution in [1.29, 1.82) is 0 Å². The first-order valence-corrected chi connectivity index (χ1v) is 18.7. The van der Waals surface area contributed by atoms with E-state index in [1.165, 1.54) is 0 Å². The van der Waals surface area contributed by atoms with E-state index in [1.54, 1.807) is 0 Å². The minimum atomic E-state index is 0.654. The summed E-state index contributed by atoms with van der Waals surface area (Å²) in [5.41, 5.74) is 13.2. The molecule has 11 rings (SSSR count). The number of rotatable bonds is 6. The van der Waals surface area contributed by atoms with Crippen molar-refractivity contribution >= 4 is 71.7 Å². The van der Waals surface area contributed by atoms with Gasteiger partial charge in [-0.3, -0.25) is 9.97 Å². The highest BCUT2D eigenvalue weighted by atomic mass is 16.3. The van der Waals surface area contributed by atoms with Crippen molar-refractivity contribution < 1.29 is 4.42 Å². The maximum absolute atomic E-state index is 6.10. The van der Waals surface area contributed by atoms with Crippen LogP contribution in [-0.4, -0.2) is 15.0 Å². The Morgan fingerprint density at radius 2 is 0.929 bits per heavy atom. The summed E-state index contributed by atoms with van der Waals surface area (Å²) >= 11 is 0. The third-order valence-electron chi connectivity index (χ3n) is 10.8. The van der Waals surface area contributed by atoms with Gasteiger partial charge in [-0.05, 0) is 118 Å². The first-order chi connectivity index (χ1) is 27.7. The predicted molar refractivity (Wildman–Crippen MR) is 231 cm³/mol. The monoisotopic (exact) mass is 716 g/mol. The van der Waals surface area contributed by atoms with Gasteiger partial charge in [-0.25, -0.2) is 4.98 Å². The third-order valence-corrected chi connectivity index (χ3v) is 10.8. The molecule has 0 saturated heterocycles. The highest BCUT2D eigenvalue weighted by molar-refractivity contribution is 6.04. The lowest BCUT2D eigenvalue weighted by Crippen LogP contribution is -2.09. The topological polar surface area (TPSA) is 55.1 Å². The molecule has 0 unspecified atom stereocenters. The zero-order valence-corrected chi connectivity index (χ0v) is 30.2. The molecule has 0 N–H and O–H groups in total. The fraction of sp³-hybridized carbons (Fsp3) is 0. The van der Waals surface area contributed by atoms with Crippen LogP contribution >= 0.6 is 0 Å². The Morgan fingerprint density at radius 1 is 0.375 bits per heavy atom. The Morgan fingerprint density at radius 3 is 1.61 bits per heavy atom. The normalized spacial score (nSPS) is 11.6. The summed E-state index contributed by atoms with van der Waals surface area (Å²) < 4.78 is 6.10. The van der Waals surface area contributed by atoms with Gasteiger partial charge < -0.3 is 9.32 Å². The Labute approximate surface area is 322 Å². The number of hydrogen-bond donors (Lipinski definition) is 0. The van der Waals surface area contributed by atoms with Gasteiger partial charge in [0.25, 0.3) is 0 Å². The summed E-state index contributed by atoms with van der Waals surface area (Å²) in [5, 5.41) is 6.65. The van der Waals surface area contributed by atoms with E-state index in [2.05, 4.69) is 167 Å². The lowest BCUT2D eigenvalue weighted by atomic mass is 10.0. The summed E-state index contributed by atoms with van der Waals surface area (Å²) in [5.74, 6) is 0. The van der Waals surface area contributed by atoms with E-state index in [9.17, 15) is 0 Å². The molecule has 56 heavy (non-hydrogen) atoms. The van der Waals surface area contributed by atoms with Gasteiger partial charge in [0.15, 0.2) is 0 Å². The van der Waals surface area contributed by atoms with E-state index in [1.807, 2.05) is 42.7 Å². The molecule has 11 aromatic rings. The minimum absolute atomic E-state index is 0.654. The van der Waals surface area contributed by atoms with Crippen molar-refractivity contribution in [3.05, 3.63) is 194 Å². The zero-order chi connectivity index (χ0) is 37.0. The molecule has 0 atom stereocenters. The van der Waals surface area contributed by atoms with Crippen molar-refractivity contribution in [2.45, 2.75) is 0 Å². The predicted octanol–water partition coefficient (Wildman–Crippen LogP) is 13.7. The van der Waals surface area contributed by atoms with Crippen LogP contribution in [0, 0.1) is 0 Å². The smallest absolute Gasteiger partial charge is 0.227 e. The average molecular weight is 717 g/mol. The number of anilines is 3. The molecule has 7 aromatic carbocycles. The lowest BCUT2D eigenvalue weighted by molar-refractivity contribution is 0.654. The van der Waals surface area contributed by atoms with E-state index in [-0.39, 0.29) is 0 Å². The van der Waals surface area contributed by atoms with Crippen molar-refractivity contribution in [3.8, 4) is 33.5 Å². The van der Waals surface area contributed by atoms with E-state index >= 15 is 0 Å². The van der Waals surface area contributed by atoms with Crippen LogP contribution in [0.25, 0.3) is 88.2 Å². The van der Waals surface area contributed by atoms with Gasteiger partial charge in [-0.15, -0.1) is 0 Å². The molecule has 4 heterocycles. The number of hydrogen-bond acceptors (Lipinski definition) is 5. The molecule has 5 nitrogen and oxygen atoms in total. The summed E-state index contributed by atoms with van der Waals surface area (Å²) in [4.78, 5) is 16.4. The molecule has 0 aliphatic heterocycles. The molecule has 0 bridgehead atoms. The van der Waals surface area contributed by atoms with E-state index in [0.717, 1.165) is 99.5 Å². The van der Waals surface area contributed by atoms with Gasteiger partial charge in [0, 0.05) is 56.6 Å². The van der Waals surface area contributed by atoms with Gasteiger partial charge in [-0.2, -0.15) is 0 Å². The number of fused-ring (bicyclic) bond motifs is 6. The average Bonchev–Trinajstić information content (AvgIpc) is 3.64. The highest BCUT2D eigenvalue weighted by Crippen LogP contribution is 2.39. The maximum atomic E-state index is 6.10. The van der Waals surface area contributed by atoms with Crippen LogP contribution in [-0.2, 0) is 0 Å². The Hall–Kier alpha value is -7.63. The molecule has 0 spiro atoms. The number of para-hydroxylation sites is 1. The summed E-state index contributed by atoms with van der Waals surface area (Å²) in [6.45, 7) is 0. The van der Waals surface area contributed by atoms with Gasteiger partial charge in [-0.1, -0.05) is 97.1 Å². The van der Waals surface area contributed by atoms with Crippen LogP contribution in [0.3, 0.4) is 0 Å². The van der Waals surface area contributed by atoms with Crippen LogP contribution in [0.4, 0.5) is 17.1 Å². The van der Waals surface area contributed by atoms with Crippen LogP contribution in [0.1, 0.15) is 0 Å². The minimum Gasteiger partial charge on any atom is -0.438 e. The van der Waals surface area contributed by atoms with Crippen molar-refractivity contribution in [3.63, 3.8) is 0 Å². The standard InChI is InChI=1S/C51H32N4O/c1-2-8-50-45(7-1)46-25-26-47(54-51(46)56-50)41-14-13-38-30-44(24-19-37(38)29-41)55(42-20-15-33(16-21-42)39-11-9-35-5-3-27-52-48(35)31-39)43-22-17-34(18-23-43)40-12-10-36-6-4-28-53-49(36)32-40/h1-32H. The summed E-state index contributed by atoms with van der Waals surface area (Å²) in [7, 11) is 0. The van der Waals surface area contributed by atoms with Crippen LogP contribution in [0.2, 0.25) is 0 Å². The zero-order valence-electron chi connectivity index (χ0n) is 30.2. The first kappa shape index (κ1) is 31.9. The fourth-order valence-corrected chi connectivity index (χ4v) is 7.84. The Bertz CT molecular complexity index is 3140. The Kier molecular flexibility index (Phi) is 7.42. The van der Waals surface area contributed by atoms with Crippen LogP contribution in [0.5, 0.6) is 0 Å². The number of nitrogens with zero attached hydrogens (tertiary/aromatic N) is 4. The van der Waals surface area contributed by atoms with Crippen LogP contribution < -0.4 is 4.90 Å². The molecule has 0 saturated carbocycles. The SMILES string of the molecule is c1cnc2cc(-c3ccc(N(c4ccc(-c5ccc6cccnc6c5)cc4)c4ccc5cc(-c6ccc7c(n6)oc6ccccc67)ccc5c4)cc3)ccc2c1. The molecule has 5 heteroatoms. The summed E-state index contributed by atoms with van der Waals surface area (Å²) in [6, 6.07) is 64.1. The Balaban J connectivity index is 0.969.